The monoisotopic (exact) mass is 281 g/mol. The fourth-order valence-corrected chi connectivity index (χ4v) is 4.24. The van der Waals surface area contributed by atoms with Gasteiger partial charge in [0.2, 0.25) is 0 Å². The third kappa shape index (κ3) is 3.02. The van der Waals surface area contributed by atoms with Crippen molar-refractivity contribution in [2.45, 2.75) is 51.0 Å². The summed E-state index contributed by atoms with van der Waals surface area (Å²) in [5.74, 6) is 0. The molecule has 3 rings (SSSR count). The summed E-state index contributed by atoms with van der Waals surface area (Å²) >= 11 is 1.91. The predicted molar refractivity (Wildman–Crippen MR) is 77.6 cm³/mol. The lowest BCUT2D eigenvalue weighted by Gasteiger charge is -2.45. The number of methoxy groups -OCH3 is 1. The minimum absolute atomic E-state index is 0.413. The van der Waals surface area contributed by atoms with Crippen LogP contribution in [-0.2, 0) is 16.0 Å². The highest BCUT2D eigenvalue weighted by molar-refractivity contribution is 7.11. The van der Waals surface area contributed by atoms with E-state index in [1.54, 1.807) is 0 Å². The molecule has 1 aliphatic carbocycles. The summed E-state index contributed by atoms with van der Waals surface area (Å²) in [6, 6.07) is 5.02. The second-order valence-electron chi connectivity index (χ2n) is 5.63. The van der Waals surface area contributed by atoms with Gasteiger partial charge in [-0.25, -0.2) is 0 Å². The van der Waals surface area contributed by atoms with Gasteiger partial charge in [0.1, 0.15) is 0 Å². The van der Waals surface area contributed by atoms with Crippen LogP contribution in [-0.4, -0.2) is 43.4 Å². The molecule has 1 aromatic heterocycles. The molecule has 106 valence electrons. The van der Waals surface area contributed by atoms with Crippen LogP contribution in [0.1, 0.15) is 29.0 Å². The van der Waals surface area contributed by atoms with Crippen LogP contribution in [0.4, 0.5) is 0 Å². The fourth-order valence-electron chi connectivity index (χ4n) is 3.33. The van der Waals surface area contributed by atoms with E-state index in [0.717, 1.165) is 39.0 Å². The summed E-state index contributed by atoms with van der Waals surface area (Å²) in [7, 11) is 1.83. The van der Waals surface area contributed by atoms with E-state index in [2.05, 4.69) is 24.0 Å². The van der Waals surface area contributed by atoms with Gasteiger partial charge in [-0.15, -0.1) is 11.3 Å². The molecule has 0 radical (unpaired) electrons. The van der Waals surface area contributed by atoms with Gasteiger partial charge >= 0.3 is 0 Å². The second-order valence-corrected chi connectivity index (χ2v) is 7.00. The van der Waals surface area contributed by atoms with E-state index in [9.17, 15) is 0 Å². The molecule has 1 saturated carbocycles. The van der Waals surface area contributed by atoms with Crippen molar-refractivity contribution in [3.8, 4) is 0 Å². The molecule has 0 bridgehead atoms. The maximum Gasteiger partial charge on any atom is 0.0732 e. The number of hydrogen-bond donors (Lipinski definition) is 0. The Hall–Kier alpha value is -0.420. The highest BCUT2D eigenvalue weighted by Crippen LogP contribution is 2.31. The second kappa shape index (κ2) is 5.92. The number of fused-ring (bicyclic) bond motifs is 1. The number of morpholine rings is 1. The van der Waals surface area contributed by atoms with E-state index < -0.39 is 0 Å². The number of aryl methyl sites for hydroxylation is 1. The normalized spacial score (nSPS) is 32.2. The zero-order valence-electron chi connectivity index (χ0n) is 11.8. The molecule has 3 nitrogen and oxygen atoms in total. The number of thiophene rings is 1. The van der Waals surface area contributed by atoms with E-state index in [1.807, 2.05) is 18.4 Å². The summed E-state index contributed by atoms with van der Waals surface area (Å²) < 4.78 is 11.5. The molecular weight excluding hydrogens is 258 g/mol. The lowest BCUT2D eigenvalue weighted by Crippen LogP contribution is -2.54. The summed E-state index contributed by atoms with van der Waals surface area (Å²) in [6.45, 7) is 5.18. The van der Waals surface area contributed by atoms with E-state index >= 15 is 0 Å². The van der Waals surface area contributed by atoms with Crippen molar-refractivity contribution in [1.29, 1.82) is 0 Å². The third-order valence-electron chi connectivity index (χ3n) is 4.37. The first-order valence-corrected chi connectivity index (χ1v) is 8.01. The first-order chi connectivity index (χ1) is 9.26. The molecule has 0 amide bonds. The first kappa shape index (κ1) is 13.6. The first-order valence-electron chi connectivity index (χ1n) is 7.20. The Balaban J connectivity index is 1.69. The van der Waals surface area contributed by atoms with Crippen molar-refractivity contribution < 1.29 is 9.47 Å². The molecule has 0 aromatic carbocycles. The third-order valence-corrected chi connectivity index (χ3v) is 5.36. The van der Waals surface area contributed by atoms with Gasteiger partial charge in [-0.3, -0.25) is 4.90 Å². The largest absolute Gasteiger partial charge is 0.381 e. The van der Waals surface area contributed by atoms with E-state index in [0.29, 0.717) is 18.2 Å². The summed E-state index contributed by atoms with van der Waals surface area (Å²) in [5, 5.41) is 0. The van der Waals surface area contributed by atoms with E-state index in [1.165, 1.54) is 9.75 Å². The van der Waals surface area contributed by atoms with Crippen LogP contribution >= 0.6 is 11.3 Å². The summed E-state index contributed by atoms with van der Waals surface area (Å²) in [6.07, 6.45) is 4.23. The molecule has 1 saturated heterocycles. The molecule has 3 atom stereocenters. The SMILES string of the molecule is CO[C@@H]1CC[C@@H]2OCCN(Cc3ccc(C)s3)[C@@H]2C1. The topological polar surface area (TPSA) is 21.7 Å². The van der Waals surface area contributed by atoms with Crippen LogP contribution in [0.5, 0.6) is 0 Å². The predicted octanol–water partition coefficient (Wildman–Crippen LogP) is 2.82. The highest BCUT2D eigenvalue weighted by atomic mass is 32.1. The Kier molecular flexibility index (Phi) is 4.22. The van der Waals surface area contributed by atoms with Crippen molar-refractivity contribution in [3.63, 3.8) is 0 Å². The van der Waals surface area contributed by atoms with Gasteiger partial charge in [0.25, 0.3) is 0 Å². The number of nitrogens with zero attached hydrogens (tertiary/aromatic N) is 1. The Bertz CT molecular complexity index is 420. The number of rotatable bonds is 3. The zero-order chi connectivity index (χ0) is 13.2. The van der Waals surface area contributed by atoms with Gasteiger partial charge in [-0.2, -0.15) is 0 Å². The van der Waals surface area contributed by atoms with Crippen molar-refractivity contribution >= 4 is 11.3 Å². The van der Waals surface area contributed by atoms with Gasteiger partial charge in [-0.1, -0.05) is 0 Å². The minimum atomic E-state index is 0.413. The standard InChI is InChI=1S/C15H23NO2S/c1-11-3-5-13(19-11)10-16-7-8-18-15-6-4-12(17-2)9-14(15)16/h3,5,12,14-15H,4,6-10H2,1-2H3/t12-,14-,15+/m1/s1. The average molecular weight is 281 g/mol. The van der Waals surface area contributed by atoms with Crippen LogP contribution in [0.25, 0.3) is 0 Å². The Labute approximate surface area is 119 Å². The van der Waals surface area contributed by atoms with Gasteiger partial charge in [0.15, 0.2) is 0 Å². The number of hydrogen-bond acceptors (Lipinski definition) is 4. The van der Waals surface area contributed by atoms with E-state index in [-0.39, 0.29) is 0 Å². The molecular formula is C15H23NO2S. The molecule has 2 fully saturated rings. The van der Waals surface area contributed by atoms with Crippen LogP contribution in [0, 0.1) is 6.92 Å². The molecule has 1 aromatic rings. The fraction of sp³-hybridized carbons (Fsp3) is 0.733. The van der Waals surface area contributed by atoms with Crippen molar-refractivity contribution in [3.05, 3.63) is 21.9 Å². The zero-order valence-corrected chi connectivity index (χ0v) is 12.6. The van der Waals surface area contributed by atoms with E-state index in [4.69, 9.17) is 9.47 Å². The number of ether oxygens (including phenoxy) is 2. The molecule has 0 N–H and O–H groups in total. The van der Waals surface area contributed by atoms with Crippen LogP contribution in [0.3, 0.4) is 0 Å². The van der Waals surface area contributed by atoms with Crippen molar-refractivity contribution in [2.24, 2.45) is 0 Å². The maximum absolute atomic E-state index is 5.95. The maximum atomic E-state index is 5.95. The van der Waals surface area contributed by atoms with Gasteiger partial charge in [0, 0.05) is 36.0 Å². The summed E-state index contributed by atoms with van der Waals surface area (Å²) in [4.78, 5) is 5.47. The lowest BCUT2D eigenvalue weighted by molar-refractivity contribution is -0.115. The minimum Gasteiger partial charge on any atom is -0.381 e. The molecule has 1 aliphatic heterocycles. The van der Waals surface area contributed by atoms with Crippen molar-refractivity contribution in [1.82, 2.24) is 4.90 Å². The molecule has 2 aliphatic rings. The Morgan fingerprint density at radius 3 is 3.05 bits per heavy atom. The van der Waals surface area contributed by atoms with Gasteiger partial charge in [-0.05, 0) is 38.3 Å². The molecule has 4 heteroatoms. The molecule has 0 unspecified atom stereocenters. The van der Waals surface area contributed by atoms with Crippen molar-refractivity contribution in [2.75, 3.05) is 20.3 Å². The van der Waals surface area contributed by atoms with Crippen LogP contribution < -0.4 is 0 Å². The smallest absolute Gasteiger partial charge is 0.0732 e. The highest BCUT2D eigenvalue weighted by Gasteiger charge is 2.37. The quantitative estimate of drug-likeness (QED) is 0.850. The summed E-state index contributed by atoms with van der Waals surface area (Å²) in [5.41, 5.74) is 0. The molecule has 2 heterocycles. The van der Waals surface area contributed by atoms with Gasteiger partial charge in [0.05, 0.1) is 18.8 Å². The Morgan fingerprint density at radius 1 is 1.42 bits per heavy atom. The Morgan fingerprint density at radius 2 is 2.32 bits per heavy atom. The van der Waals surface area contributed by atoms with Crippen LogP contribution in [0.2, 0.25) is 0 Å². The average Bonchev–Trinajstić information content (AvgIpc) is 2.84. The van der Waals surface area contributed by atoms with Gasteiger partial charge < -0.3 is 9.47 Å². The lowest BCUT2D eigenvalue weighted by atomic mass is 9.88. The molecule has 19 heavy (non-hydrogen) atoms. The molecule has 0 spiro atoms. The van der Waals surface area contributed by atoms with Crippen LogP contribution in [0.15, 0.2) is 12.1 Å².